The summed E-state index contributed by atoms with van der Waals surface area (Å²) in [7, 11) is 0. The van der Waals surface area contributed by atoms with E-state index < -0.39 is 17.5 Å². The Hall–Kier alpha value is -1.84. The topological polar surface area (TPSA) is 46.5 Å². The van der Waals surface area contributed by atoms with Crippen LogP contribution in [0.3, 0.4) is 0 Å². The summed E-state index contributed by atoms with van der Waals surface area (Å²) in [5.41, 5.74) is 0.493. The second-order valence-electron chi connectivity index (χ2n) is 3.57. The molecule has 0 aromatic heterocycles. The van der Waals surface area contributed by atoms with Gasteiger partial charge in [0.05, 0.1) is 6.61 Å². The van der Waals surface area contributed by atoms with Gasteiger partial charge >= 0.3 is 5.97 Å². The Balaban J connectivity index is 2.52. The number of hydrogen-bond donors (Lipinski definition) is 1. The average molecular weight is 238 g/mol. The van der Waals surface area contributed by atoms with Crippen LogP contribution >= 0.6 is 0 Å². The fraction of sp³-hybridized carbons (Fsp3) is 0.308. The maximum atomic E-state index is 13.0. The summed E-state index contributed by atoms with van der Waals surface area (Å²) in [6, 6.07) is 3.89. The van der Waals surface area contributed by atoms with Crippen molar-refractivity contribution in [3.63, 3.8) is 0 Å². The molecular formula is C13H15FO3. The zero-order valence-electron chi connectivity index (χ0n) is 9.65. The van der Waals surface area contributed by atoms with E-state index in [-0.39, 0.29) is 0 Å². The Morgan fingerprint density at radius 2 is 2.29 bits per heavy atom. The molecule has 0 aliphatic heterocycles. The molecule has 17 heavy (non-hydrogen) atoms. The van der Waals surface area contributed by atoms with Crippen LogP contribution in [0.5, 0.6) is 5.75 Å². The monoisotopic (exact) mass is 238 g/mol. The zero-order valence-corrected chi connectivity index (χ0v) is 9.65. The summed E-state index contributed by atoms with van der Waals surface area (Å²) in [6.45, 7) is 2.40. The van der Waals surface area contributed by atoms with Crippen LogP contribution in [-0.4, -0.2) is 17.7 Å². The van der Waals surface area contributed by atoms with Crippen LogP contribution in [-0.2, 0) is 9.53 Å². The van der Waals surface area contributed by atoms with Gasteiger partial charge in [-0.25, -0.2) is 9.18 Å². The second kappa shape index (κ2) is 6.68. The average Bonchev–Trinajstić information content (AvgIpc) is 2.31. The van der Waals surface area contributed by atoms with Gasteiger partial charge in [-0.15, -0.1) is 0 Å². The van der Waals surface area contributed by atoms with Crippen molar-refractivity contribution in [3.05, 3.63) is 35.7 Å². The minimum absolute atomic E-state index is 0.392. The van der Waals surface area contributed by atoms with Crippen molar-refractivity contribution in [3.8, 4) is 5.75 Å². The quantitative estimate of drug-likeness (QED) is 0.487. The van der Waals surface area contributed by atoms with E-state index in [1.807, 2.05) is 6.92 Å². The lowest BCUT2D eigenvalue weighted by Gasteiger charge is -1.99. The van der Waals surface area contributed by atoms with Crippen molar-refractivity contribution in [1.82, 2.24) is 0 Å². The van der Waals surface area contributed by atoms with Gasteiger partial charge in [-0.3, -0.25) is 0 Å². The molecule has 0 aliphatic carbocycles. The first-order valence-electron chi connectivity index (χ1n) is 5.47. The van der Waals surface area contributed by atoms with Gasteiger partial charge in [0.1, 0.15) is 0 Å². The first-order chi connectivity index (χ1) is 8.13. The lowest BCUT2D eigenvalue weighted by atomic mass is 10.2. The number of phenolic OH excluding ortho intramolecular Hbond substituents is 1. The van der Waals surface area contributed by atoms with Crippen molar-refractivity contribution < 1.29 is 19.0 Å². The summed E-state index contributed by atoms with van der Waals surface area (Å²) in [5.74, 6) is -1.58. The molecule has 92 valence electrons. The fourth-order valence-corrected chi connectivity index (χ4v) is 1.16. The Morgan fingerprint density at radius 3 is 2.94 bits per heavy atom. The maximum absolute atomic E-state index is 13.0. The van der Waals surface area contributed by atoms with Crippen LogP contribution in [0.25, 0.3) is 6.08 Å². The van der Waals surface area contributed by atoms with Crippen LogP contribution in [0.1, 0.15) is 25.3 Å². The summed E-state index contributed by atoms with van der Waals surface area (Å²) in [6.07, 6.45) is 4.46. The number of phenols is 1. The molecule has 0 heterocycles. The van der Waals surface area contributed by atoms with E-state index >= 15 is 0 Å². The number of hydrogen-bond acceptors (Lipinski definition) is 3. The minimum Gasteiger partial charge on any atom is -0.505 e. The number of halogens is 1. The van der Waals surface area contributed by atoms with E-state index in [0.29, 0.717) is 12.2 Å². The van der Waals surface area contributed by atoms with Gasteiger partial charge in [0.2, 0.25) is 0 Å². The maximum Gasteiger partial charge on any atom is 0.330 e. The number of ether oxygens (including phenoxy) is 1. The van der Waals surface area contributed by atoms with Crippen molar-refractivity contribution >= 4 is 12.0 Å². The van der Waals surface area contributed by atoms with Gasteiger partial charge in [0, 0.05) is 6.08 Å². The van der Waals surface area contributed by atoms with Crippen LogP contribution in [0.15, 0.2) is 24.3 Å². The molecule has 0 aliphatic rings. The normalized spacial score (nSPS) is 10.7. The Bertz CT molecular complexity index is 413. The molecule has 0 spiro atoms. The van der Waals surface area contributed by atoms with Crippen LogP contribution in [0.4, 0.5) is 4.39 Å². The van der Waals surface area contributed by atoms with Crippen molar-refractivity contribution in [2.24, 2.45) is 0 Å². The van der Waals surface area contributed by atoms with E-state index in [1.165, 1.54) is 24.3 Å². The zero-order chi connectivity index (χ0) is 12.7. The molecule has 0 unspecified atom stereocenters. The van der Waals surface area contributed by atoms with E-state index in [9.17, 15) is 9.18 Å². The third-order valence-electron chi connectivity index (χ3n) is 2.13. The molecule has 1 aromatic carbocycles. The number of carbonyl (C=O) groups excluding carboxylic acids is 1. The standard InChI is InChI=1S/C13H15FO3/c1-2-3-8-17-13(16)7-5-10-4-6-12(15)11(14)9-10/h4-7,9,15H,2-3,8H2,1H3. The van der Waals surface area contributed by atoms with E-state index in [4.69, 9.17) is 9.84 Å². The Labute approximate surface area is 99.5 Å². The minimum atomic E-state index is -0.716. The third kappa shape index (κ3) is 4.68. The number of unbranched alkanes of at least 4 members (excludes halogenated alkanes) is 1. The summed E-state index contributed by atoms with van der Waals surface area (Å²) in [4.78, 5) is 11.2. The third-order valence-corrected chi connectivity index (χ3v) is 2.13. The molecule has 0 radical (unpaired) electrons. The molecule has 0 atom stereocenters. The fourth-order valence-electron chi connectivity index (χ4n) is 1.16. The van der Waals surface area contributed by atoms with Gasteiger partial charge in [-0.05, 0) is 30.2 Å². The SMILES string of the molecule is CCCCOC(=O)C=Cc1ccc(O)c(F)c1. The molecule has 1 N–H and O–H groups in total. The lowest BCUT2D eigenvalue weighted by molar-refractivity contribution is -0.137. The predicted octanol–water partition coefficient (Wildman–Crippen LogP) is 2.89. The lowest BCUT2D eigenvalue weighted by Crippen LogP contribution is -2.01. The predicted molar refractivity (Wildman–Crippen MR) is 63.0 cm³/mol. The van der Waals surface area contributed by atoms with Crippen LogP contribution < -0.4 is 0 Å². The molecule has 1 aromatic rings. The van der Waals surface area contributed by atoms with E-state index in [1.54, 1.807) is 0 Å². The molecule has 0 fully saturated rings. The largest absolute Gasteiger partial charge is 0.505 e. The number of aromatic hydroxyl groups is 1. The van der Waals surface area contributed by atoms with Gasteiger partial charge in [0.15, 0.2) is 11.6 Å². The highest BCUT2D eigenvalue weighted by Crippen LogP contribution is 2.16. The molecular weight excluding hydrogens is 223 g/mol. The Morgan fingerprint density at radius 1 is 1.53 bits per heavy atom. The van der Waals surface area contributed by atoms with Gasteiger partial charge in [-0.1, -0.05) is 19.4 Å². The van der Waals surface area contributed by atoms with Gasteiger partial charge < -0.3 is 9.84 Å². The number of rotatable bonds is 5. The molecule has 1 rings (SSSR count). The highest BCUT2D eigenvalue weighted by atomic mass is 19.1. The first kappa shape index (κ1) is 13.2. The van der Waals surface area contributed by atoms with Crippen molar-refractivity contribution in [1.29, 1.82) is 0 Å². The second-order valence-corrected chi connectivity index (χ2v) is 3.57. The molecule has 0 saturated carbocycles. The van der Waals surface area contributed by atoms with Crippen molar-refractivity contribution in [2.45, 2.75) is 19.8 Å². The summed E-state index contributed by atoms with van der Waals surface area (Å²) < 4.78 is 17.8. The van der Waals surface area contributed by atoms with Crippen LogP contribution in [0, 0.1) is 5.82 Å². The van der Waals surface area contributed by atoms with E-state index in [2.05, 4.69) is 0 Å². The van der Waals surface area contributed by atoms with Crippen molar-refractivity contribution in [2.75, 3.05) is 6.61 Å². The summed E-state index contributed by atoms with van der Waals surface area (Å²) in [5, 5.41) is 8.97. The summed E-state index contributed by atoms with van der Waals surface area (Å²) >= 11 is 0. The van der Waals surface area contributed by atoms with Crippen LogP contribution in [0.2, 0.25) is 0 Å². The van der Waals surface area contributed by atoms with Gasteiger partial charge in [-0.2, -0.15) is 0 Å². The Kier molecular flexibility index (Phi) is 5.20. The molecule has 3 nitrogen and oxygen atoms in total. The smallest absolute Gasteiger partial charge is 0.330 e. The molecule has 4 heteroatoms. The number of benzene rings is 1. The first-order valence-corrected chi connectivity index (χ1v) is 5.47. The number of esters is 1. The highest BCUT2D eigenvalue weighted by Gasteiger charge is 2.00. The molecule has 0 saturated heterocycles. The van der Waals surface area contributed by atoms with Gasteiger partial charge in [0.25, 0.3) is 0 Å². The molecule has 0 bridgehead atoms. The number of carbonyl (C=O) groups is 1. The van der Waals surface area contributed by atoms with E-state index in [0.717, 1.165) is 18.9 Å². The highest BCUT2D eigenvalue weighted by molar-refractivity contribution is 5.87. The molecule has 0 amide bonds.